The van der Waals surface area contributed by atoms with Crippen LogP contribution in [0.15, 0.2) is 53.4 Å². The lowest BCUT2D eigenvalue weighted by Gasteiger charge is -2.13. The van der Waals surface area contributed by atoms with E-state index in [0.717, 1.165) is 0 Å². The third-order valence-electron chi connectivity index (χ3n) is 3.73. The molecular formula is C18H24N2O5S2. The minimum Gasteiger partial charge on any atom is -0.495 e. The minimum atomic E-state index is -3.91. The molecule has 0 saturated heterocycles. The first-order valence-electron chi connectivity index (χ1n) is 8.39. The van der Waals surface area contributed by atoms with Crippen LogP contribution in [0.3, 0.4) is 0 Å². The first kappa shape index (κ1) is 21.0. The van der Waals surface area contributed by atoms with Crippen LogP contribution < -0.4 is 14.2 Å². The smallest absolute Gasteiger partial charge is 0.262 e. The molecule has 0 bridgehead atoms. The lowest BCUT2D eigenvalue weighted by molar-refractivity contribution is 0.417. The van der Waals surface area contributed by atoms with Gasteiger partial charge in [0.2, 0.25) is 10.0 Å². The van der Waals surface area contributed by atoms with Gasteiger partial charge in [0.05, 0.1) is 23.4 Å². The normalized spacial score (nSPS) is 12.0. The van der Waals surface area contributed by atoms with Gasteiger partial charge in [0, 0.05) is 5.69 Å². The largest absolute Gasteiger partial charge is 0.495 e. The number of nitrogens with one attached hydrogen (secondary N) is 2. The van der Waals surface area contributed by atoms with E-state index in [4.69, 9.17) is 4.74 Å². The minimum absolute atomic E-state index is 0.0267. The fourth-order valence-corrected chi connectivity index (χ4v) is 4.77. The van der Waals surface area contributed by atoms with Gasteiger partial charge in [-0.3, -0.25) is 9.44 Å². The van der Waals surface area contributed by atoms with Crippen molar-refractivity contribution in [2.45, 2.75) is 25.2 Å². The highest BCUT2D eigenvalue weighted by atomic mass is 32.2. The van der Waals surface area contributed by atoms with Crippen molar-refractivity contribution in [1.29, 1.82) is 0 Å². The summed E-state index contributed by atoms with van der Waals surface area (Å²) >= 11 is 0. The summed E-state index contributed by atoms with van der Waals surface area (Å²) in [4.78, 5) is -0.0579. The van der Waals surface area contributed by atoms with Crippen LogP contribution in [0.25, 0.3) is 0 Å². The summed E-state index contributed by atoms with van der Waals surface area (Å²) in [5, 5.41) is 0. The van der Waals surface area contributed by atoms with Crippen LogP contribution in [-0.4, -0.2) is 29.7 Å². The van der Waals surface area contributed by atoms with E-state index in [2.05, 4.69) is 9.44 Å². The van der Waals surface area contributed by atoms with Gasteiger partial charge in [-0.1, -0.05) is 32.0 Å². The predicted octanol–water partition coefficient (Wildman–Crippen LogP) is 3.28. The second-order valence-electron chi connectivity index (χ2n) is 6.44. The SMILES string of the molecule is COc1ccccc1NS(=O)(=O)c1cccc(NS(=O)(=O)CCC(C)C)c1. The van der Waals surface area contributed by atoms with Crippen molar-refractivity contribution in [2.24, 2.45) is 5.92 Å². The molecular weight excluding hydrogens is 388 g/mol. The fourth-order valence-electron chi connectivity index (χ4n) is 2.28. The van der Waals surface area contributed by atoms with Crippen LogP contribution in [0.2, 0.25) is 0 Å². The van der Waals surface area contributed by atoms with Crippen molar-refractivity contribution in [3.05, 3.63) is 48.5 Å². The number of hydrogen-bond donors (Lipinski definition) is 2. The number of rotatable bonds is 9. The van der Waals surface area contributed by atoms with Crippen LogP contribution in [-0.2, 0) is 20.0 Å². The number of ether oxygens (including phenoxy) is 1. The second-order valence-corrected chi connectivity index (χ2v) is 9.96. The van der Waals surface area contributed by atoms with E-state index in [1.54, 1.807) is 24.3 Å². The average molecular weight is 413 g/mol. The van der Waals surface area contributed by atoms with Gasteiger partial charge in [-0.05, 0) is 42.7 Å². The molecule has 0 fully saturated rings. The zero-order valence-electron chi connectivity index (χ0n) is 15.5. The van der Waals surface area contributed by atoms with Crippen molar-refractivity contribution in [3.63, 3.8) is 0 Å². The Labute approximate surface area is 160 Å². The first-order chi connectivity index (χ1) is 12.6. The Balaban J connectivity index is 2.23. The van der Waals surface area contributed by atoms with E-state index >= 15 is 0 Å². The summed E-state index contributed by atoms with van der Waals surface area (Å²) in [5.74, 6) is 0.603. The van der Waals surface area contributed by atoms with Crippen molar-refractivity contribution in [1.82, 2.24) is 0 Å². The maximum absolute atomic E-state index is 12.7. The molecule has 0 aromatic heterocycles. The topological polar surface area (TPSA) is 102 Å². The van der Waals surface area contributed by atoms with Crippen LogP contribution in [0.1, 0.15) is 20.3 Å². The van der Waals surface area contributed by atoms with Crippen LogP contribution in [0.4, 0.5) is 11.4 Å². The maximum Gasteiger partial charge on any atom is 0.262 e. The first-order valence-corrected chi connectivity index (χ1v) is 11.5. The molecule has 9 heteroatoms. The molecule has 148 valence electrons. The molecule has 2 aromatic carbocycles. The van der Waals surface area contributed by atoms with Gasteiger partial charge in [-0.25, -0.2) is 16.8 Å². The van der Waals surface area contributed by atoms with Crippen molar-refractivity contribution >= 4 is 31.4 Å². The molecule has 0 unspecified atom stereocenters. The molecule has 2 aromatic rings. The van der Waals surface area contributed by atoms with Gasteiger partial charge >= 0.3 is 0 Å². The third-order valence-corrected chi connectivity index (χ3v) is 6.42. The Bertz CT molecular complexity index is 986. The summed E-state index contributed by atoms with van der Waals surface area (Å²) in [7, 11) is -6.02. The summed E-state index contributed by atoms with van der Waals surface area (Å²) in [6, 6.07) is 12.3. The van der Waals surface area contributed by atoms with Crippen molar-refractivity contribution < 1.29 is 21.6 Å². The number of sulfonamides is 2. The summed E-state index contributed by atoms with van der Waals surface area (Å²) in [6.45, 7) is 3.87. The summed E-state index contributed by atoms with van der Waals surface area (Å²) < 4.78 is 59.6. The quantitative estimate of drug-likeness (QED) is 0.658. The molecule has 0 atom stereocenters. The molecule has 0 aliphatic carbocycles. The lowest BCUT2D eigenvalue weighted by Crippen LogP contribution is -2.18. The Morgan fingerprint density at radius 2 is 1.67 bits per heavy atom. The van der Waals surface area contributed by atoms with E-state index in [1.807, 2.05) is 13.8 Å². The number of para-hydroxylation sites is 2. The molecule has 27 heavy (non-hydrogen) atoms. The molecule has 0 spiro atoms. The zero-order valence-corrected chi connectivity index (χ0v) is 17.1. The van der Waals surface area contributed by atoms with Crippen LogP contribution in [0.5, 0.6) is 5.75 Å². The third kappa shape index (κ3) is 6.14. The standard InChI is InChI=1S/C18H24N2O5S2/c1-14(2)11-12-26(21,22)19-15-7-6-8-16(13-15)27(23,24)20-17-9-4-5-10-18(17)25-3/h4-10,13-14,19-20H,11-12H2,1-3H3. The van der Waals surface area contributed by atoms with Gasteiger partial charge in [0.25, 0.3) is 10.0 Å². The van der Waals surface area contributed by atoms with E-state index in [0.29, 0.717) is 17.9 Å². The van der Waals surface area contributed by atoms with E-state index < -0.39 is 20.0 Å². The molecule has 2 rings (SSSR count). The Morgan fingerprint density at radius 3 is 2.33 bits per heavy atom. The predicted molar refractivity (Wildman–Crippen MR) is 107 cm³/mol. The molecule has 0 heterocycles. The zero-order chi connectivity index (χ0) is 20.1. The highest BCUT2D eigenvalue weighted by molar-refractivity contribution is 7.93. The molecule has 2 N–H and O–H groups in total. The van der Waals surface area contributed by atoms with Crippen molar-refractivity contribution in [2.75, 3.05) is 22.3 Å². The number of benzene rings is 2. The highest BCUT2D eigenvalue weighted by Crippen LogP contribution is 2.27. The van der Waals surface area contributed by atoms with Gasteiger partial charge in [-0.2, -0.15) is 0 Å². The van der Waals surface area contributed by atoms with E-state index in [1.165, 1.54) is 31.4 Å². The Kier molecular flexibility index (Phi) is 6.72. The molecule has 0 amide bonds. The fraction of sp³-hybridized carbons (Fsp3) is 0.333. The molecule has 0 aliphatic rings. The number of hydrogen-bond acceptors (Lipinski definition) is 5. The van der Waals surface area contributed by atoms with Gasteiger partial charge in [-0.15, -0.1) is 0 Å². The molecule has 0 aliphatic heterocycles. The molecule has 7 nitrogen and oxygen atoms in total. The monoisotopic (exact) mass is 412 g/mol. The van der Waals surface area contributed by atoms with E-state index in [9.17, 15) is 16.8 Å². The van der Waals surface area contributed by atoms with Gasteiger partial charge in [0.15, 0.2) is 0 Å². The maximum atomic E-state index is 12.7. The van der Waals surface area contributed by atoms with Crippen molar-refractivity contribution in [3.8, 4) is 5.75 Å². The molecule has 0 radical (unpaired) electrons. The van der Waals surface area contributed by atoms with Crippen LogP contribution in [0, 0.1) is 5.92 Å². The lowest BCUT2D eigenvalue weighted by atomic mass is 10.2. The number of methoxy groups -OCH3 is 1. The van der Waals surface area contributed by atoms with Gasteiger partial charge < -0.3 is 4.74 Å². The summed E-state index contributed by atoms with van der Waals surface area (Å²) in [6.07, 6.45) is 0.517. The average Bonchev–Trinajstić information content (AvgIpc) is 2.60. The van der Waals surface area contributed by atoms with E-state index in [-0.39, 0.29) is 22.3 Å². The Morgan fingerprint density at radius 1 is 0.963 bits per heavy atom. The molecule has 0 saturated carbocycles. The number of anilines is 2. The summed E-state index contributed by atoms with van der Waals surface area (Å²) in [5.41, 5.74) is 0.490. The van der Waals surface area contributed by atoms with Gasteiger partial charge in [0.1, 0.15) is 5.75 Å². The van der Waals surface area contributed by atoms with Crippen LogP contribution >= 0.6 is 0 Å². The highest BCUT2D eigenvalue weighted by Gasteiger charge is 2.18. The second kappa shape index (κ2) is 8.62. The Hall–Kier alpha value is -2.26.